The smallest absolute Gasteiger partial charge is 0.161 e. The number of hydrogen-bond acceptors (Lipinski definition) is 3. The van der Waals surface area contributed by atoms with Crippen molar-refractivity contribution in [2.75, 3.05) is 18.1 Å². The Morgan fingerprint density at radius 1 is 1.56 bits per heavy atom. The van der Waals surface area contributed by atoms with Gasteiger partial charge in [0.05, 0.1) is 16.8 Å². The molecular formula is C12H15BrFN3O. The highest BCUT2D eigenvalue weighted by atomic mass is 79.9. The molecule has 6 heteroatoms. The summed E-state index contributed by atoms with van der Waals surface area (Å²) >= 11 is 3.14. The van der Waals surface area contributed by atoms with Crippen molar-refractivity contribution < 1.29 is 9.50 Å². The van der Waals surface area contributed by atoms with Crippen molar-refractivity contribution in [3.8, 4) is 0 Å². The normalized spacial score (nSPS) is 14.6. The first kappa shape index (κ1) is 13.3. The Hall–Kier alpha value is -1.14. The van der Waals surface area contributed by atoms with Crippen LogP contribution < -0.4 is 10.6 Å². The van der Waals surface area contributed by atoms with E-state index in [4.69, 9.17) is 16.2 Å². The number of anilines is 1. The summed E-state index contributed by atoms with van der Waals surface area (Å²) in [6, 6.07) is 3.55. The van der Waals surface area contributed by atoms with E-state index < -0.39 is 5.82 Å². The van der Waals surface area contributed by atoms with Crippen LogP contribution in [0.4, 0.5) is 10.1 Å². The molecule has 1 aliphatic rings. The van der Waals surface area contributed by atoms with Gasteiger partial charge in [-0.25, -0.2) is 4.39 Å². The first-order chi connectivity index (χ1) is 8.56. The number of nitrogens with one attached hydrogen (secondary N) is 1. The first-order valence-electron chi connectivity index (χ1n) is 5.76. The fraction of sp³-hybridized carbons (Fsp3) is 0.417. The van der Waals surface area contributed by atoms with Gasteiger partial charge in [-0.2, -0.15) is 0 Å². The molecule has 2 rings (SSSR count). The third-order valence-corrected chi connectivity index (χ3v) is 3.77. The SMILES string of the molecule is N=C(N)c1ccc(N(CCO)C2CC2)c(F)c1Br. The number of nitrogens with two attached hydrogens (primary N) is 1. The van der Waals surface area contributed by atoms with Gasteiger partial charge in [0, 0.05) is 18.2 Å². The molecule has 0 atom stereocenters. The van der Waals surface area contributed by atoms with Crippen LogP contribution in [-0.4, -0.2) is 30.1 Å². The van der Waals surface area contributed by atoms with Gasteiger partial charge in [0.15, 0.2) is 5.82 Å². The molecule has 0 aromatic heterocycles. The average molecular weight is 316 g/mol. The number of benzene rings is 1. The highest BCUT2D eigenvalue weighted by Crippen LogP contribution is 2.36. The van der Waals surface area contributed by atoms with Crippen LogP contribution in [0.15, 0.2) is 16.6 Å². The number of nitrogen functional groups attached to an aromatic ring is 1. The summed E-state index contributed by atoms with van der Waals surface area (Å²) in [5.74, 6) is -0.601. The van der Waals surface area contributed by atoms with Gasteiger partial charge in [0.25, 0.3) is 0 Å². The predicted octanol–water partition coefficient (Wildman–Crippen LogP) is 1.83. The van der Waals surface area contributed by atoms with Gasteiger partial charge < -0.3 is 15.7 Å². The molecule has 1 aliphatic carbocycles. The number of rotatable bonds is 5. The monoisotopic (exact) mass is 315 g/mol. The maximum Gasteiger partial charge on any atom is 0.161 e. The van der Waals surface area contributed by atoms with Crippen LogP contribution in [0.25, 0.3) is 0 Å². The van der Waals surface area contributed by atoms with E-state index in [1.807, 2.05) is 4.90 Å². The second-order valence-electron chi connectivity index (χ2n) is 4.32. The lowest BCUT2D eigenvalue weighted by atomic mass is 10.1. The van der Waals surface area contributed by atoms with E-state index in [1.54, 1.807) is 12.1 Å². The average Bonchev–Trinajstić information content (AvgIpc) is 3.14. The fourth-order valence-corrected chi connectivity index (χ4v) is 2.51. The van der Waals surface area contributed by atoms with Crippen LogP contribution in [0.3, 0.4) is 0 Å². The van der Waals surface area contributed by atoms with Gasteiger partial charge >= 0.3 is 0 Å². The second-order valence-corrected chi connectivity index (χ2v) is 5.12. The Morgan fingerprint density at radius 3 is 2.72 bits per heavy atom. The summed E-state index contributed by atoms with van der Waals surface area (Å²) in [7, 11) is 0. The van der Waals surface area contributed by atoms with Crippen LogP contribution in [0.5, 0.6) is 0 Å². The molecule has 18 heavy (non-hydrogen) atoms. The lowest BCUT2D eigenvalue weighted by molar-refractivity contribution is 0.301. The van der Waals surface area contributed by atoms with Crippen molar-refractivity contribution in [1.29, 1.82) is 5.41 Å². The van der Waals surface area contributed by atoms with Gasteiger partial charge in [0.1, 0.15) is 5.84 Å². The van der Waals surface area contributed by atoms with E-state index >= 15 is 0 Å². The molecule has 1 aromatic carbocycles. The Labute approximate surface area is 113 Å². The van der Waals surface area contributed by atoms with E-state index in [2.05, 4.69) is 15.9 Å². The molecule has 98 valence electrons. The third kappa shape index (κ3) is 2.49. The molecule has 0 spiro atoms. The van der Waals surface area contributed by atoms with Crippen molar-refractivity contribution in [1.82, 2.24) is 0 Å². The summed E-state index contributed by atoms with van der Waals surface area (Å²) < 4.78 is 14.5. The molecule has 0 bridgehead atoms. The molecule has 0 saturated heterocycles. The fourth-order valence-electron chi connectivity index (χ4n) is 1.96. The van der Waals surface area contributed by atoms with Gasteiger partial charge in [-0.1, -0.05) is 0 Å². The minimum atomic E-state index is -0.428. The van der Waals surface area contributed by atoms with Crippen molar-refractivity contribution in [3.05, 3.63) is 28.0 Å². The Morgan fingerprint density at radius 2 is 2.22 bits per heavy atom. The standard InChI is InChI=1S/C12H15BrFN3O/c13-10-8(12(15)16)3-4-9(11(10)14)17(5-6-18)7-1-2-7/h3-4,7,18H,1-2,5-6H2,(H3,15,16). The minimum absolute atomic E-state index is 0.0119. The zero-order valence-electron chi connectivity index (χ0n) is 9.79. The Balaban J connectivity index is 2.38. The van der Waals surface area contributed by atoms with Crippen LogP contribution >= 0.6 is 15.9 Å². The molecule has 1 aromatic rings. The van der Waals surface area contributed by atoms with Gasteiger partial charge in [-0.15, -0.1) is 0 Å². The zero-order chi connectivity index (χ0) is 13.3. The van der Waals surface area contributed by atoms with Crippen LogP contribution in [0.1, 0.15) is 18.4 Å². The molecule has 0 unspecified atom stereocenters. The molecule has 4 nitrogen and oxygen atoms in total. The highest BCUT2D eigenvalue weighted by molar-refractivity contribution is 9.10. The van der Waals surface area contributed by atoms with Gasteiger partial charge in [-0.05, 0) is 40.9 Å². The van der Waals surface area contributed by atoms with Crippen molar-refractivity contribution in [3.63, 3.8) is 0 Å². The van der Waals surface area contributed by atoms with E-state index in [9.17, 15) is 4.39 Å². The van der Waals surface area contributed by atoms with E-state index in [0.29, 0.717) is 23.8 Å². The van der Waals surface area contributed by atoms with Crippen molar-refractivity contribution in [2.45, 2.75) is 18.9 Å². The topological polar surface area (TPSA) is 73.3 Å². The van der Waals surface area contributed by atoms with Gasteiger partial charge in [-0.3, -0.25) is 5.41 Å². The van der Waals surface area contributed by atoms with Crippen molar-refractivity contribution in [2.24, 2.45) is 5.73 Å². The quantitative estimate of drug-likeness (QED) is 0.573. The van der Waals surface area contributed by atoms with Gasteiger partial charge in [0.2, 0.25) is 0 Å². The number of amidine groups is 1. The predicted molar refractivity (Wildman–Crippen MR) is 72.6 cm³/mol. The van der Waals surface area contributed by atoms with Crippen LogP contribution in [0.2, 0.25) is 0 Å². The third-order valence-electron chi connectivity index (χ3n) is 2.99. The molecule has 0 radical (unpaired) electrons. The lowest BCUT2D eigenvalue weighted by Gasteiger charge is -2.25. The van der Waals surface area contributed by atoms with E-state index in [-0.39, 0.29) is 16.9 Å². The molecule has 0 aliphatic heterocycles. The zero-order valence-corrected chi connectivity index (χ0v) is 11.4. The second kappa shape index (κ2) is 5.24. The number of hydrogen-bond donors (Lipinski definition) is 3. The Bertz CT molecular complexity index is 477. The van der Waals surface area contributed by atoms with E-state index in [0.717, 1.165) is 12.8 Å². The first-order valence-corrected chi connectivity index (χ1v) is 6.55. The summed E-state index contributed by atoms with van der Waals surface area (Å²) in [4.78, 5) is 1.87. The van der Waals surface area contributed by atoms with Crippen LogP contribution in [0, 0.1) is 11.2 Å². The summed E-state index contributed by atoms with van der Waals surface area (Å²) in [6.45, 7) is 0.398. The summed E-state index contributed by atoms with van der Waals surface area (Å²) in [5.41, 5.74) is 6.16. The number of halogens is 2. The highest BCUT2D eigenvalue weighted by Gasteiger charge is 2.31. The number of aliphatic hydroxyl groups is 1. The Kier molecular flexibility index (Phi) is 3.87. The number of nitrogens with zero attached hydrogens (tertiary/aromatic N) is 1. The molecular weight excluding hydrogens is 301 g/mol. The van der Waals surface area contributed by atoms with Crippen LogP contribution in [-0.2, 0) is 0 Å². The maximum atomic E-state index is 14.3. The molecule has 4 N–H and O–H groups in total. The molecule has 1 fully saturated rings. The largest absolute Gasteiger partial charge is 0.395 e. The number of aliphatic hydroxyl groups excluding tert-OH is 1. The molecule has 0 heterocycles. The van der Waals surface area contributed by atoms with E-state index in [1.165, 1.54) is 0 Å². The summed E-state index contributed by atoms with van der Waals surface area (Å²) in [5, 5.41) is 16.4. The molecule has 0 amide bonds. The lowest BCUT2D eigenvalue weighted by Crippen LogP contribution is -2.30. The molecule has 1 saturated carbocycles. The van der Waals surface area contributed by atoms with Crippen molar-refractivity contribution >= 4 is 27.5 Å². The minimum Gasteiger partial charge on any atom is -0.395 e. The summed E-state index contributed by atoms with van der Waals surface area (Å²) in [6.07, 6.45) is 2.04. The maximum absolute atomic E-state index is 14.3.